The first-order valence-electron chi connectivity index (χ1n) is 5.50. The van der Waals surface area contributed by atoms with E-state index in [1.165, 1.54) is 0 Å². The molecule has 0 bridgehead atoms. The molecular formula is C13H13N3O. The lowest BCUT2D eigenvalue weighted by atomic mass is 10.1. The number of aromatic nitrogens is 2. The minimum Gasteiger partial charge on any atom is -0.458 e. The summed E-state index contributed by atoms with van der Waals surface area (Å²) >= 11 is 0. The topological polar surface area (TPSA) is 62.7 Å². The third-order valence-electron chi connectivity index (χ3n) is 2.63. The molecular weight excluding hydrogens is 214 g/mol. The first-order chi connectivity index (χ1) is 8.15. The fourth-order valence-corrected chi connectivity index (χ4v) is 1.78. The van der Waals surface area contributed by atoms with Crippen LogP contribution in [0.2, 0.25) is 0 Å². The Kier molecular flexibility index (Phi) is 2.92. The highest BCUT2D eigenvalue weighted by atomic mass is 16.3. The molecule has 0 saturated carbocycles. The highest BCUT2D eigenvalue weighted by molar-refractivity contribution is 5.50. The van der Waals surface area contributed by atoms with Gasteiger partial charge in [0.15, 0.2) is 11.6 Å². The molecule has 0 atom stereocenters. The van der Waals surface area contributed by atoms with Crippen molar-refractivity contribution >= 4 is 0 Å². The Morgan fingerprint density at radius 1 is 1.29 bits per heavy atom. The molecule has 0 radical (unpaired) electrons. The molecule has 0 N–H and O–H groups in total. The number of hydrogen-bond acceptors (Lipinski definition) is 4. The lowest BCUT2D eigenvalue weighted by Crippen LogP contribution is -2.02. The van der Waals surface area contributed by atoms with Crippen LogP contribution in [0.15, 0.2) is 16.5 Å². The van der Waals surface area contributed by atoms with Crippen molar-refractivity contribution in [3.8, 4) is 17.7 Å². The van der Waals surface area contributed by atoms with Crippen molar-refractivity contribution < 1.29 is 4.42 Å². The maximum atomic E-state index is 9.08. The number of hydrogen-bond donors (Lipinski definition) is 0. The summed E-state index contributed by atoms with van der Waals surface area (Å²) in [5, 5.41) is 9.08. The monoisotopic (exact) mass is 227 g/mol. The van der Waals surface area contributed by atoms with Gasteiger partial charge in [0.1, 0.15) is 17.5 Å². The molecule has 0 aromatic carbocycles. The third kappa shape index (κ3) is 2.04. The molecule has 2 rings (SSSR count). The van der Waals surface area contributed by atoms with Gasteiger partial charge in [-0.1, -0.05) is 6.92 Å². The summed E-state index contributed by atoms with van der Waals surface area (Å²) in [4.78, 5) is 8.62. The highest BCUT2D eigenvalue weighted by Crippen LogP contribution is 2.21. The SMILES string of the molecule is CCc1c(C)nc(-c2ccc(C)o2)nc1C#N. The quantitative estimate of drug-likeness (QED) is 0.791. The van der Waals surface area contributed by atoms with Crippen molar-refractivity contribution in [3.05, 3.63) is 34.8 Å². The second-order valence-corrected chi connectivity index (χ2v) is 3.84. The van der Waals surface area contributed by atoms with Gasteiger partial charge in [-0.15, -0.1) is 0 Å². The molecule has 4 heteroatoms. The van der Waals surface area contributed by atoms with Crippen molar-refractivity contribution in [3.63, 3.8) is 0 Å². The van der Waals surface area contributed by atoms with E-state index in [1.807, 2.05) is 32.9 Å². The molecule has 17 heavy (non-hydrogen) atoms. The van der Waals surface area contributed by atoms with Crippen LogP contribution in [-0.4, -0.2) is 9.97 Å². The predicted octanol–water partition coefficient (Wildman–Crippen LogP) is 2.79. The maximum absolute atomic E-state index is 9.08. The molecule has 86 valence electrons. The molecule has 0 unspecified atom stereocenters. The third-order valence-corrected chi connectivity index (χ3v) is 2.63. The number of nitriles is 1. The zero-order valence-electron chi connectivity index (χ0n) is 10.1. The molecule has 0 fully saturated rings. The Balaban J connectivity index is 2.58. The van der Waals surface area contributed by atoms with Crippen LogP contribution in [0.25, 0.3) is 11.6 Å². The summed E-state index contributed by atoms with van der Waals surface area (Å²) in [6, 6.07) is 5.78. The van der Waals surface area contributed by atoms with E-state index in [1.54, 1.807) is 0 Å². The fraction of sp³-hybridized carbons (Fsp3) is 0.308. The minimum atomic E-state index is 0.434. The van der Waals surface area contributed by atoms with E-state index in [0.29, 0.717) is 17.3 Å². The van der Waals surface area contributed by atoms with Gasteiger partial charge in [-0.2, -0.15) is 5.26 Å². The van der Waals surface area contributed by atoms with Crippen LogP contribution >= 0.6 is 0 Å². The summed E-state index contributed by atoms with van der Waals surface area (Å²) in [5.41, 5.74) is 2.17. The lowest BCUT2D eigenvalue weighted by molar-refractivity contribution is 0.543. The fourth-order valence-electron chi connectivity index (χ4n) is 1.78. The summed E-state index contributed by atoms with van der Waals surface area (Å²) in [6.45, 7) is 5.74. The van der Waals surface area contributed by atoms with E-state index in [0.717, 1.165) is 23.4 Å². The van der Waals surface area contributed by atoms with Gasteiger partial charge in [-0.05, 0) is 32.4 Å². The van der Waals surface area contributed by atoms with Crippen molar-refractivity contribution in [2.45, 2.75) is 27.2 Å². The van der Waals surface area contributed by atoms with E-state index in [-0.39, 0.29) is 0 Å². The van der Waals surface area contributed by atoms with E-state index in [9.17, 15) is 0 Å². The van der Waals surface area contributed by atoms with Crippen LogP contribution in [0.3, 0.4) is 0 Å². The summed E-state index contributed by atoms with van der Waals surface area (Å²) in [6.07, 6.45) is 0.756. The molecule has 0 aliphatic heterocycles. The predicted molar refractivity (Wildman–Crippen MR) is 63.3 cm³/mol. The van der Waals surface area contributed by atoms with E-state index >= 15 is 0 Å². The molecule has 0 saturated heterocycles. The van der Waals surface area contributed by atoms with Crippen molar-refractivity contribution in [2.75, 3.05) is 0 Å². The van der Waals surface area contributed by atoms with Crippen molar-refractivity contribution in [1.29, 1.82) is 5.26 Å². The molecule has 2 heterocycles. The molecule has 2 aromatic rings. The number of furan rings is 1. The Labute approximate surface area is 99.9 Å². The zero-order valence-corrected chi connectivity index (χ0v) is 10.1. The van der Waals surface area contributed by atoms with E-state index in [2.05, 4.69) is 16.0 Å². The lowest BCUT2D eigenvalue weighted by Gasteiger charge is -2.05. The number of rotatable bonds is 2. The smallest absolute Gasteiger partial charge is 0.197 e. The molecule has 0 aliphatic carbocycles. The zero-order chi connectivity index (χ0) is 12.4. The van der Waals surface area contributed by atoms with E-state index < -0.39 is 0 Å². The largest absolute Gasteiger partial charge is 0.458 e. The normalized spacial score (nSPS) is 10.2. The summed E-state index contributed by atoms with van der Waals surface area (Å²) in [5.74, 6) is 1.88. The van der Waals surface area contributed by atoms with Crippen LogP contribution in [0.4, 0.5) is 0 Å². The Hall–Kier alpha value is -2.15. The van der Waals surface area contributed by atoms with E-state index in [4.69, 9.17) is 9.68 Å². The summed E-state index contributed by atoms with van der Waals surface area (Å²) in [7, 11) is 0. The molecule has 0 aliphatic rings. The molecule has 0 spiro atoms. The first kappa shape index (κ1) is 11.3. The van der Waals surface area contributed by atoms with Gasteiger partial charge < -0.3 is 4.42 Å². The number of aryl methyl sites for hydroxylation is 2. The Bertz CT molecular complexity index is 593. The van der Waals surface area contributed by atoms with Gasteiger partial charge in [0.05, 0.1) is 0 Å². The van der Waals surface area contributed by atoms with Crippen molar-refractivity contribution in [2.24, 2.45) is 0 Å². The average Bonchev–Trinajstić information content (AvgIpc) is 2.74. The van der Waals surface area contributed by atoms with Gasteiger partial charge in [0.2, 0.25) is 0 Å². The summed E-state index contributed by atoms with van der Waals surface area (Å²) < 4.78 is 5.46. The maximum Gasteiger partial charge on any atom is 0.197 e. The van der Waals surface area contributed by atoms with Gasteiger partial charge in [-0.3, -0.25) is 0 Å². The van der Waals surface area contributed by atoms with Gasteiger partial charge in [0, 0.05) is 11.3 Å². The van der Waals surface area contributed by atoms with Gasteiger partial charge in [0.25, 0.3) is 0 Å². The van der Waals surface area contributed by atoms with Gasteiger partial charge >= 0.3 is 0 Å². The van der Waals surface area contributed by atoms with Crippen LogP contribution in [0, 0.1) is 25.2 Å². The van der Waals surface area contributed by atoms with Crippen LogP contribution in [0.1, 0.15) is 29.6 Å². The Morgan fingerprint density at radius 3 is 2.59 bits per heavy atom. The number of nitrogens with zero attached hydrogens (tertiary/aromatic N) is 3. The first-order valence-corrected chi connectivity index (χ1v) is 5.50. The average molecular weight is 227 g/mol. The minimum absolute atomic E-state index is 0.434. The van der Waals surface area contributed by atoms with Crippen molar-refractivity contribution in [1.82, 2.24) is 9.97 Å². The second-order valence-electron chi connectivity index (χ2n) is 3.84. The standard InChI is InChI=1S/C13H13N3O/c1-4-10-9(3)15-13(16-11(10)7-14)12-6-5-8(2)17-12/h5-6H,4H2,1-3H3. The highest BCUT2D eigenvalue weighted by Gasteiger charge is 2.13. The Morgan fingerprint density at radius 2 is 2.06 bits per heavy atom. The second kappa shape index (κ2) is 4.38. The van der Waals surface area contributed by atoms with Gasteiger partial charge in [-0.25, -0.2) is 9.97 Å². The van der Waals surface area contributed by atoms with Crippen LogP contribution < -0.4 is 0 Å². The molecule has 4 nitrogen and oxygen atoms in total. The molecule has 2 aromatic heterocycles. The molecule has 0 amide bonds. The van der Waals surface area contributed by atoms with Crippen LogP contribution in [0.5, 0.6) is 0 Å². The van der Waals surface area contributed by atoms with Crippen LogP contribution in [-0.2, 0) is 6.42 Å².